The van der Waals surface area contributed by atoms with Crippen LogP contribution in [0.2, 0.25) is 0 Å². The van der Waals surface area contributed by atoms with Crippen LogP contribution in [-0.4, -0.2) is 13.2 Å². The zero-order valence-corrected chi connectivity index (χ0v) is 12.8. The van der Waals surface area contributed by atoms with E-state index >= 15 is 0 Å². The summed E-state index contributed by atoms with van der Waals surface area (Å²) in [5.74, 6) is 2.47. The molecule has 0 N–H and O–H groups in total. The van der Waals surface area contributed by atoms with Crippen molar-refractivity contribution in [2.75, 3.05) is 13.2 Å². The van der Waals surface area contributed by atoms with Crippen molar-refractivity contribution in [1.29, 1.82) is 0 Å². The van der Waals surface area contributed by atoms with Crippen LogP contribution < -0.4 is 9.47 Å². The lowest BCUT2D eigenvalue weighted by Gasteiger charge is -2.21. The Morgan fingerprint density at radius 3 is 2.41 bits per heavy atom. The van der Waals surface area contributed by atoms with Crippen LogP contribution in [0.5, 0.6) is 11.5 Å². The molecular weight excluding hydrogens is 272 g/mol. The first-order valence-corrected chi connectivity index (χ1v) is 7.98. The average molecular weight is 294 g/mol. The van der Waals surface area contributed by atoms with Gasteiger partial charge < -0.3 is 9.47 Å². The third kappa shape index (κ3) is 3.91. The van der Waals surface area contributed by atoms with Crippen molar-refractivity contribution in [3.8, 4) is 11.5 Å². The maximum Gasteiger partial charge on any atom is 0.122 e. The highest BCUT2D eigenvalue weighted by Gasteiger charge is 2.16. The molecule has 1 aliphatic rings. The molecule has 1 atom stereocenters. The van der Waals surface area contributed by atoms with E-state index in [9.17, 15) is 0 Å². The summed E-state index contributed by atoms with van der Waals surface area (Å²) in [4.78, 5) is 0. The molecule has 2 nitrogen and oxygen atoms in total. The third-order valence-electron chi connectivity index (χ3n) is 3.98. The Hall–Kier alpha value is -2.22. The predicted molar refractivity (Wildman–Crippen MR) is 89.6 cm³/mol. The van der Waals surface area contributed by atoms with Gasteiger partial charge in [-0.25, -0.2) is 0 Å². The second kappa shape index (κ2) is 7.69. The minimum absolute atomic E-state index is 0.558. The van der Waals surface area contributed by atoms with Gasteiger partial charge in [0.15, 0.2) is 0 Å². The number of ether oxygens (including phenoxy) is 2. The molecule has 1 unspecified atom stereocenters. The van der Waals surface area contributed by atoms with Gasteiger partial charge in [0.1, 0.15) is 24.7 Å². The Morgan fingerprint density at radius 1 is 0.818 bits per heavy atom. The first kappa shape index (κ1) is 14.7. The molecule has 22 heavy (non-hydrogen) atoms. The van der Waals surface area contributed by atoms with E-state index in [4.69, 9.17) is 9.47 Å². The molecule has 0 saturated heterocycles. The van der Waals surface area contributed by atoms with Crippen molar-refractivity contribution in [3.63, 3.8) is 0 Å². The van der Waals surface area contributed by atoms with E-state index in [1.165, 1.54) is 12.0 Å². The van der Waals surface area contributed by atoms with Gasteiger partial charge in [0.25, 0.3) is 0 Å². The van der Waals surface area contributed by atoms with Crippen molar-refractivity contribution in [1.82, 2.24) is 0 Å². The second-order valence-electron chi connectivity index (χ2n) is 5.53. The quantitative estimate of drug-likeness (QED) is 0.553. The lowest BCUT2D eigenvalue weighted by Crippen LogP contribution is -2.11. The van der Waals surface area contributed by atoms with E-state index in [2.05, 4.69) is 30.4 Å². The highest BCUT2D eigenvalue weighted by Crippen LogP contribution is 2.34. The van der Waals surface area contributed by atoms with Gasteiger partial charge in [-0.3, -0.25) is 0 Å². The van der Waals surface area contributed by atoms with Crippen molar-refractivity contribution >= 4 is 0 Å². The Labute approximate surface area is 132 Å². The number of para-hydroxylation sites is 2. The van der Waals surface area contributed by atoms with Crippen LogP contribution in [0.1, 0.15) is 30.7 Å². The van der Waals surface area contributed by atoms with Crippen LogP contribution in [-0.2, 0) is 0 Å². The lowest BCUT2D eigenvalue weighted by atomic mass is 9.87. The van der Waals surface area contributed by atoms with Crippen LogP contribution in [0.15, 0.2) is 66.7 Å². The molecule has 0 saturated carbocycles. The number of hydrogen-bond acceptors (Lipinski definition) is 2. The highest BCUT2D eigenvalue weighted by molar-refractivity contribution is 5.37. The fourth-order valence-electron chi connectivity index (χ4n) is 2.85. The molecule has 0 radical (unpaired) electrons. The average Bonchev–Trinajstić information content (AvgIpc) is 2.61. The van der Waals surface area contributed by atoms with E-state index in [0.29, 0.717) is 19.1 Å². The standard InChI is InChI=1S/C20H22O2/c1-3-9-17(10-4-1)19-13-7-8-14-20(19)22-16-15-21-18-11-5-2-6-12-18/h1-3,5-8,11-14,17H,4,9-10,15-16H2. The Bertz CT molecular complexity index is 604. The molecule has 0 fully saturated rings. The van der Waals surface area contributed by atoms with Crippen molar-refractivity contribution in [2.24, 2.45) is 0 Å². The molecule has 0 bridgehead atoms. The van der Waals surface area contributed by atoms with E-state index in [1.807, 2.05) is 36.4 Å². The van der Waals surface area contributed by atoms with E-state index in [0.717, 1.165) is 24.3 Å². The predicted octanol–water partition coefficient (Wildman–Crippen LogP) is 4.97. The van der Waals surface area contributed by atoms with Crippen LogP contribution in [0.25, 0.3) is 0 Å². The topological polar surface area (TPSA) is 18.5 Å². The minimum Gasteiger partial charge on any atom is -0.490 e. The number of benzene rings is 2. The molecule has 0 heterocycles. The van der Waals surface area contributed by atoms with E-state index in [1.54, 1.807) is 0 Å². The van der Waals surface area contributed by atoms with Crippen molar-refractivity contribution in [3.05, 3.63) is 72.3 Å². The van der Waals surface area contributed by atoms with Crippen LogP contribution >= 0.6 is 0 Å². The smallest absolute Gasteiger partial charge is 0.122 e. The Kier molecular flexibility index (Phi) is 5.14. The summed E-state index contributed by atoms with van der Waals surface area (Å²) in [5, 5.41) is 0. The van der Waals surface area contributed by atoms with Crippen LogP contribution in [0.4, 0.5) is 0 Å². The van der Waals surface area contributed by atoms with E-state index in [-0.39, 0.29) is 0 Å². The number of allylic oxidation sites excluding steroid dienone is 2. The molecule has 0 amide bonds. The monoisotopic (exact) mass is 294 g/mol. The second-order valence-corrected chi connectivity index (χ2v) is 5.53. The fraction of sp³-hybridized carbons (Fsp3) is 0.300. The summed E-state index contributed by atoms with van der Waals surface area (Å²) >= 11 is 0. The van der Waals surface area contributed by atoms with Gasteiger partial charge >= 0.3 is 0 Å². The van der Waals surface area contributed by atoms with Gasteiger partial charge in [0.2, 0.25) is 0 Å². The summed E-state index contributed by atoms with van der Waals surface area (Å²) in [6.07, 6.45) is 8.03. The van der Waals surface area contributed by atoms with Crippen LogP contribution in [0.3, 0.4) is 0 Å². The molecule has 0 aromatic heterocycles. The summed E-state index contributed by atoms with van der Waals surface area (Å²) in [6.45, 7) is 1.12. The maximum atomic E-state index is 5.96. The number of hydrogen-bond donors (Lipinski definition) is 0. The fourth-order valence-corrected chi connectivity index (χ4v) is 2.85. The van der Waals surface area contributed by atoms with E-state index < -0.39 is 0 Å². The molecule has 0 spiro atoms. The molecule has 2 aromatic rings. The van der Waals surface area contributed by atoms with Gasteiger partial charge in [0.05, 0.1) is 0 Å². The molecule has 1 aliphatic carbocycles. The molecule has 3 rings (SSSR count). The first-order chi connectivity index (χ1) is 10.9. The van der Waals surface area contributed by atoms with Gasteiger partial charge in [-0.15, -0.1) is 0 Å². The summed E-state index contributed by atoms with van der Waals surface area (Å²) in [5.41, 5.74) is 1.33. The SMILES string of the molecule is C1=CCC(c2ccccc2OCCOc2ccccc2)CC1. The molecule has 0 aliphatic heterocycles. The zero-order valence-electron chi connectivity index (χ0n) is 12.8. The minimum atomic E-state index is 0.558. The third-order valence-corrected chi connectivity index (χ3v) is 3.98. The van der Waals surface area contributed by atoms with Gasteiger partial charge in [-0.2, -0.15) is 0 Å². The van der Waals surface area contributed by atoms with Crippen molar-refractivity contribution < 1.29 is 9.47 Å². The first-order valence-electron chi connectivity index (χ1n) is 7.98. The van der Waals surface area contributed by atoms with Crippen molar-refractivity contribution in [2.45, 2.75) is 25.2 Å². The van der Waals surface area contributed by atoms with Gasteiger partial charge in [0, 0.05) is 0 Å². The molecular formula is C20H22O2. The van der Waals surface area contributed by atoms with Gasteiger partial charge in [-0.1, -0.05) is 48.6 Å². The summed E-state index contributed by atoms with van der Waals surface area (Å²) in [6, 6.07) is 18.2. The normalized spacial score (nSPS) is 17.2. The zero-order chi connectivity index (χ0) is 15.0. The Morgan fingerprint density at radius 2 is 1.59 bits per heavy atom. The summed E-state index contributed by atoms with van der Waals surface area (Å²) in [7, 11) is 0. The highest BCUT2D eigenvalue weighted by atomic mass is 16.5. The molecule has 114 valence electrons. The maximum absolute atomic E-state index is 5.96. The summed E-state index contributed by atoms with van der Waals surface area (Å²) < 4.78 is 11.6. The molecule has 2 aromatic carbocycles. The molecule has 2 heteroatoms. The largest absolute Gasteiger partial charge is 0.490 e. The van der Waals surface area contributed by atoms with Crippen LogP contribution in [0, 0.1) is 0 Å². The van der Waals surface area contributed by atoms with Gasteiger partial charge in [-0.05, 0) is 48.9 Å². The number of rotatable bonds is 6. The lowest BCUT2D eigenvalue weighted by molar-refractivity contribution is 0.215. The Balaban J connectivity index is 1.55.